The summed E-state index contributed by atoms with van der Waals surface area (Å²) in [7, 11) is 0. The van der Waals surface area contributed by atoms with Crippen molar-refractivity contribution in [2.24, 2.45) is 11.8 Å². The molecule has 0 heterocycles. The molecule has 0 amide bonds. The SMILES string of the molecule is Fc1ccc(CC(Br)C2CCCCC2C(F)(F)F)c(F)c1. The number of rotatable bonds is 3. The summed E-state index contributed by atoms with van der Waals surface area (Å²) in [6.45, 7) is 0. The van der Waals surface area contributed by atoms with Crippen molar-refractivity contribution >= 4 is 15.9 Å². The van der Waals surface area contributed by atoms with Crippen LogP contribution in [0.2, 0.25) is 0 Å². The molecule has 0 spiro atoms. The molecule has 1 fully saturated rings. The Morgan fingerprint density at radius 1 is 1.14 bits per heavy atom. The Kier molecular flexibility index (Phi) is 5.28. The first-order chi connectivity index (χ1) is 9.79. The van der Waals surface area contributed by atoms with Crippen LogP contribution in [0.25, 0.3) is 0 Å². The molecule has 0 bridgehead atoms. The minimum atomic E-state index is -4.22. The molecule has 1 aliphatic carbocycles. The molecule has 0 aromatic heterocycles. The van der Waals surface area contributed by atoms with Gasteiger partial charge in [0.2, 0.25) is 0 Å². The van der Waals surface area contributed by atoms with E-state index in [-0.39, 0.29) is 18.4 Å². The summed E-state index contributed by atoms with van der Waals surface area (Å²) >= 11 is 3.30. The van der Waals surface area contributed by atoms with Crippen molar-refractivity contribution in [1.29, 1.82) is 0 Å². The van der Waals surface area contributed by atoms with Gasteiger partial charge in [0.25, 0.3) is 0 Å². The predicted molar refractivity (Wildman–Crippen MR) is 74.3 cm³/mol. The average molecular weight is 371 g/mol. The molecule has 1 aromatic rings. The van der Waals surface area contributed by atoms with Crippen LogP contribution in [-0.4, -0.2) is 11.0 Å². The van der Waals surface area contributed by atoms with E-state index in [4.69, 9.17) is 0 Å². The molecule has 0 saturated heterocycles. The fourth-order valence-electron chi connectivity index (χ4n) is 3.05. The quantitative estimate of drug-likeness (QED) is 0.477. The minimum absolute atomic E-state index is 0.127. The van der Waals surface area contributed by atoms with Crippen LogP contribution in [0.4, 0.5) is 22.0 Å². The maximum atomic E-state index is 13.6. The third-order valence-corrected chi connectivity index (χ3v) is 5.14. The fraction of sp³-hybridized carbons (Fsp3) is 0.600. The average Bonchev–Trinajstić information content (AvgIpc) is 2.41. The maximum Gasteiger partial charge on any atom is 0.392 e. The molecule has 0 N–H and O–H groups in total. The summed E-state index contributed by atoms with van der Waals surface area (Å²) < 4.78 is 65.7. The van der Waals surface area contributed by atoms with E-state index < -0.39 is 34.5 Å². The lowest BCUT2D eigenvalue weighted by Gasteiger charge is -2.36. The molecule has 0 radical (unpaired) electrons. The molecule has 3 atom stereocenters. The Morgan fingerprint density at radius 3 is 2.43 bits per heavy atom. The van der Waals surface area contributed by atoms with E-state index in [0.717, 1.165) is 18.6 Å². The largest absolute Gasteiger partial charge is 0.392 e. The lowest BCUT2D eigenvalue weighted by atomic mass is 9.76. The highest BCUT2D eigenvalue weighted by atomic mass is 79.9. The lowest BCUT2D eigenvalue weighted by molar-refractivity contribution is -0.196. The molecule has 0 aliphatic heterocycles. The zero-order valence-corrected chi connectivity index (χ0v) is 12.9. The highest BCUT2D eigenvalue weighted by Crippen LogP contribution is 2.45. The standard InChI is InChI=1S/C15H16BrF5/c16-13(7-9-5-6-10(17)8-14(9)18)11-3-1-2-4-12(11)15(19,20)21/h5-6,8,11-13H,1-4,7H2. The van der Waals surface area contributed by atoms with Crippen LogP contribution in [0.1, 0.15) is 31.2 Å². The Labute approximate surface area is 128 Å². The molecule has 21 heavy (non-hydrogen) atoms. The second kappa shape index (κ2) is 6.63. The smallest absolute Gasteiger partial charge is 0.207 e. The Hall–Kier alpha value is -0.650. The number of benzene rings is 1. The normalized spacial score (nSPS) is 24.9. The van der Waals surface area contributed by atoms with Crippen molar-refractivity contribution in [3.05, 3.63) is 35.4 Å². The summed E-state index contributed by atoms with van der Waals surface area (Å²) in [5.74, 6) is -3.31. The van der Waals surface area contributed by atoms with E-state index in [9.17, 15) is 22.0 Å². The van der Waals surface area contributed by atoms with Crippen molar-refractivity contribution in [3.8, 4) is 0 Å². The highest BCUT2D eigenvalue weighted by molar-refractivity contribution is 9.09. The van der Waals surface area contributed by atoms with Gasteiger partial charge in [-0.2, -0.15) is 13.2 Å². The minimum Gasteiger partial charge on any atom is -0.207 e. The van der Waals surface area contributed by atoms with Gasteiger partial charge >= 0.3 is 6.18 Å². The second-order valence-electron chi connectivity index (χ2n) is 5.55. The van der Waals surface area contributed by atoms with E-state index in [0.29, 0.717) is 12.8 Å². The van der Waals surface area contributed by atoms with Crippen molar-refractivity contribution < 1.29 is 22.0 Å². The second-order valence-corrected chi connectivity index (χ2v) is 6.73. The number of alkyl halides is 4. The van der Waals surface area contributed by atoms with Crippen LogP contribution in [0.15, 0.2) is 18.2 Å². The van der Waals surface area contributed by atoms with Gasteiger partial charge in [-0.15, -0.1) is 0 Å². The summed E-state index contributed by atoms with van der Waals surface area (Å²) in [5, 5.41) is 0. The molecule has 0 nitrogen and oxygen atoms in total. The van der Waals surface area contributed by atoms with Crippen LogP contribution < -0.4 is 0 Å². The van der Waals surface area contributed by atoms with E-state index in [1.807, 2.05) is 0 Å². The summed E-state index contributed by atoms with van der Waals surface area (Å²) in [4.78, 5) is -0.468. The van der Waals surface area contributed by atoms with Gasteiger partial charge in [0.15, 0.2) is 0 Å². The van der Waals surface area contributed by atoms with Crippen LogP contribution in [0.5, 0.6) is 0 Å². The Morgan fingerprint density at radius 2 is 1.81 bits per heavy atom. The van der Waals surface area contributed by atoms with E-state index in [2.05, 4.69) is 15.9 Å². The van der Waals surface area contributed by atoms with Gasteiger partial charge in [-0.1, -0.05) is 34.8 Å². The third-order valence-electron chi connectivity index (χ3n) is 4.13. The predicted octanol–water partition coefficient (Wildman–Crippen LogP) is 5.64. The lowest BCUT2D eigenvalue weighted by Crippen LogP contribution is -2.38. The molecule has 3 unspecified atom stereocenters. The number of hydrogen-bond donors (Lipinski definition) is 0. The summed E-state index contributed by atoms with van der Waals surface area (Å²) in [6.07, 6.45) is -2.16. The number of hydrogen-bond acceptors (Lipinski definition) is 0. The van der Waals surface area contributed by atoms with Crippen LogP contribution >= 0.6 is 15.9 Å². The van der Waals surface area contributed by atoms with Crippen LogP contribution in [0.3, 0.4) is 0 Å². The van der Waals surface area contributed by atoms with Crippen molar-refractivity contribution in [2.45, 2.75) is 43.1 Å². The first-order valence-corrected chi connectivity index (χ1v) is 7.85. The van der Waals surface area contributed by atoms with Crippen LogP contribution in [0, 0.1) is 23.5 Å². The van der Waals surface area contributed by atoms with Gasteiger partial charge in [0.05, 0.1) is 5.92 Å². The Balaban J connectivity index is 2.12. The monoisotopic (exact) mass is 370 g/mol. The van der Waals surface area contributed by atoms with E-state index in [1.165, 1.54) is 6.07 Å². The van der Waals surface area contributed by atoms with Crippen molar-refractivity contribution in [2.75, 3.05) is 0 Å². The molecule has 118 valence electrons. The van der Waals surface area contributed by atoms with Gasteiger partial charge in [0, 0.05) is 10.9 Å². The summed E-state index contributed by atoms with van der Waals surface area (Å²) in [6, 6.07) is 3.18. The van der Waals surface area contributed by atoms with E-state index >= 15 is 0 Å². The zero-order valence-electron chi connectivity index (χ0n) is 11.3. The molecule has 6 heteroatoms. The third kappa shape index (κ3) is 4.18. The van der Waals surface area contributed by atoms with E-state index in [1.54, 1.807) is 0 Å². The molecule has 2 rings (SSSR count). The van der Waals surface area contributed by atoms with Gasteiger partial charge in [-0.3, -0.25) is 0 Å². The fourth-order valence-corrected chi connectivity index (χ4v) is 4.03. The molecule has 1 aromatic carbocycles. The highest BCUT2D eigenvalue weighted by Gasteiger charge is 2.47. The van der Waals surface area contributed by atoms with Crippen LogP contribution in [-0.2, 0) is 6.42 Å². The number of halogens is 6. The van der Waals surface area contributed by atoms with Crippen molar-refractivity contribution in [1.82, 2.24) is 0 Å². The van der Waals surface area contributed by atoms with Crippen molar-refractivity contribution in [3.63, 3.8) is 0 Å². The molecular formula is C15H16BrF5. The van der Waals surface area contributed by atoms with Gasteiger partial charge in [-0.05, 0) is 36.8 Å². The van der Waals surface area contributed by atoms with Gasteiger partial charge in [-0.25, -0.2) is 8.78 Å². The van der Waals surface area contributed by atoms with Gasteiger partial charge in [0.1, 0.15) is 11.6 Å². The zero-order chi connectivity index (χ0) is 15.6. The maximum absolute atomic E-state index is 13.6. The molecule has 1 saturated carbocycles. The molecule has 1 aliphatic rings. The Bertz CT molecular complexity index is 485. The molecular weight excluding hydrogens is 355 g/mol. The topological polar surface area (TPSA) is 0 Å². The van der Waals surface area contributed by atoms with Gasteiger partial charge < -0.3 is 0 Å². The first kappa shape index (κ1) is 16.7. The summed E-state index contributed by atoms with van der Waals surface area (Å²) in [5.41, 5.74) is 0.241. The first-order valence-electron chi connectivity index (χ1n) is 6.93.